The van der Waals surface area contributed by atoms with Crippen molar-refractivity contribution in [1.82, 2.24) is 9.88 Å². The highest BCUT2D eigenvalue weighted by atomic mass is 16.5. The molecule has 2 aromatic carbocycles. The number of fused-ring (bicyclic) bond motifs is 1. The molecule has 146 valence electrons. The SMILES string of the molecule is COc1ccc(N2CCN([C@H](C)C(=O)c3c(C)[nH]c4ccccc34)CC2)cc1. The lowest BCUT2D eigenvalue weighted by atomic mass is 10.0. The van der Waals surface area contributed by atoms with Crippen LogP contribution in [-0.4, -0.2) is 55.0 Å². The number of para-hydroxylation sites is 1. The smallest absolute Gasteiger partial charge is 0.182 e. The predicted molar refractivity (Wildman–Crippen MR) is 114 cm³/mol. The van der Waals surface area contributed by atoms with Gasteiger partial charge in [-0.1, -0.05) is 18.2 Å². The van der Waals surface area contributed by atoms with Crippen LogP contribution in [0, 0.1) is 6.92 Å². The number of anilines is 1. The van der Waals surface area contributed by atoms with Gasteiger partial charge in [0.2, 0.25) is 0 Å². The van der Waals surface area contributed by atoms with Gasteiger partial charge in [0.15, 0.2) is 5.78 Å². The van der Waals surface area contributed by atoms with E-state index in [2.05, 4.69) is 26.9 Å². The first-order valence-electron chi connectivity index (χ1n) is 9.83. The van der Waals surface area contributed by atoms with Crippen molar-refractivity contribution in [1.29, 1.82) is 0 Å². The van der Waals surface area contributed by atoms with Crippen LogP contribution in [0.3, 0.4) is 0 Å². The molecule has 4 rings (SSSR count). The van der Waals surface area contributed by atoms with Gasteiger partial charge < -0.3 is 14.6 Å². The van der Waals surface area contributed by atoms with Gasteiger partial charge in [0, 0.05) is 54.0 Å². The van der Waals surface area contributed by atoms with Crippen molar-refractivity contribution < 1.29 is 9.53 Å². The van der Waals surface area contributed by atoms with Gasteiger partial charge in [0.25, 0.3) is 0 Å². The van der Waals surface area contributed by atoms with E-state index < -0.39 is 0 Å². The molecule has 28 heavy (non-hydrogen) atoms. The Kier molecular flexibility index (Phi) is 5.09. The van der Waals surface area contributed by atoms with Gasteiger partial charge in [-0.2, -0.15) is 0 Å². The predicted octanol–water partition coefficient (Wildman–Crippen LogP) is 3.88. The fourth-order valence-electron chi connectivity index (χ4n) is 4.13. The number of aryl methyl sites for hydroxylation is 1. The summed E-state index contributed by atoms with van der Waals surface area (Å²) in [6.07, 6.45) is 0. The van der Waals surface area contributed by atoms with Crippen molar-refractivity contribution in [2.45, 2.75) is 19.9 Å². The maximum Gasteiger partial charge on any atom is 0.182 e. The van der Waals surface area contributed by atoms with Gasteiger partial charge in [-0.3, -0.25) is 9.69 Å². The third-order valence-corrected chi connectivity index (χ3v) is 5.82. The molecule has 1 N–H and O–H groups in total. The number of ether oxygens (including phenoxy) is 1. The monoisotopic (exact) mass is 377 g/mol. The number of aromatic amines is 1. The maximum atomic E-state index is 13.3. The van der Waals surface area contributed by atoms with E-state index in [0.29, 0.717) is 0 Å². The average molecular weight is 377 g/mol. The topological polar surface area (TPSA) is 48.6 Å². The molecule has 1 aliphatic rings. The quantitative estimate of drug-likeness (QED) is 0.686. The van der Waals surface area contributed by atoms with Crippen LogP contribution in [0.4, 0.5) is 5.69 Å². The molecule has 0 saturated carbocycles. The standard InChI is InChI=1S/C23H27N3O2/c1-16-22(20-6-4-5-7-21(20)24-16)23(27)17(2)25-12-14-26(15-13-25)18-8-10-19(28-3)11-9-18/h4-11,17,24H,12-15H2,1-3H3/t17-/m1/s1. The highest BCUT2D eigenvalue weighted by Crippen LogP contribution is 2.25. The summed E-state index contributed by atoms with van der Waals surface area (Å²) >= 11 is 0. The molecule has 0 unspecified atom stereocenters. The molecule has 1 aromatic heterocycles. The summed E-state index contributed by atoms with van der Waals surface area (Å²) in [4.78, 5) is 21.3. The summed E-state index contributed by atoms with van der Waals surface area (Å²) < 4.78 is 5.24. The molecule has 0 bridgehead atoms. The molecule has 2 heterocycles. The van der Waals surface area contributed by atoms with Gasteiger partial charge in [-0.15, -0.1) is 0 Å². The number of ketones is 1. The van der Waals surface area contributed by atoms with Crippen LogP contribution < -0.4 is 9.64 Å². The van der Waals surface area contributed by atoms with Crippen LogP contribution in [0.5, 0.6) is 5.75 Å². The molecule has 0 aliphatic carbocycles. The number of nitrogens with one attached hydrogen (secondary N) is 1. The van der Waals surface area contributed by atoms with E-state index in [0.717, 1.165) is 54.1 Å². The highest BCUT2D eigenvalue weighted by Gasteiger charge is 2.28. The number of rotatable bonds is 5. The molecular formula is C23H27N3O2. The Hall–Kier alpha value is -2.79. The van der Waals surface area contributed by atoms with Crippen LogP contribution in [0.15, 0.2) is 48.5 Å². The number of H-pyrrole nitrogens is 1. The zero-order valence-electron chi connectivity index (χ0n) is 16.7. The summed E-state index contributed by atoms with van der Waals surface area (Å²) in [7, 11) is 1.68. The Morgan fingerprint density at radius 1 is 1.04 bits per heavy atom. The highest BCUT2D eigenvalue weighted by molar-refractivity contribution is 6.11. The average Bonchev–Trinajstić information content (AvgIpc) is 3.08. The van der Waals surface area contributed by atoms with Crippen molar-refractivity contribution in [3.8, 4) is 5.75 Å². The number of carbonyl (C=O) groups is 1. The molecule has 1 saturated heterocycles. The lowest BCUT2D eigenvalue weighted by Gasteiger charge is -2.38. The molecule has 0 amide bonds. The third kappa shape index (κ3) is 3.38. The van der Waals surface area contributed by atoms with E-state index in [1.54, 1.807) is 7.11 Å². The van der Waals surface area contributed by atoms with Crippen LogP contribution in [0.25, 0.3) is 10.9 Å². The number of hydrogen-bond donors (Lipinski definition) is 1. The third-order valence-electron chi connectivity index (χ3n) is 5.82. The zero-order valence-corrected chi connectivity index (χ0v) is 16.7. The van der Waals surface area contributed by atoms with Gasteiger partial charge >= 0.3 is 0 Å². The van der Waals surface area contributed by atoms with Crippen molar-refractivity contribution in [2.24, 2.45) is 0 Å². The lowest BCUT2D eigenvalue weighted by molar-refractivity contribution is 0.0831. The van der Waals surface area contributed by atoms with Gasteiger partial charge in [0.1, 0.15) is 5.75 Å². The Morgan fingerprint density at radius 2 is 1.71 bits per heavy atom. The van der Waals surface area contributed by atoms with E-state index in [4.69, 9.17) is 4.74 Å². The molecular weight excluding hydrogens is 350 g/mol. The number of aromatic nitrogens is 1. The second kappa shape index (κ2) is 7.68. The van der Waals surface area contributed by atoms with E-state index in [-0.39, 0.29) is 11.8 Å². The Morgan fingerprint density at radius 3 is 2.39 bits per heavy atom. The van der Waals surface area contributed by atoms with Crippen molar-refractivity contribution in [3.63, 3.8) is 0 Å². The summed E-state index contributed by atoms with van der Waals surface area (Å²) in [6.45, 7) is 7.60. The summed E-state index contributed by atoms with van der Waals surface area (Å²) in [6, 6.07) is 16.1. The van der Waals surface area contributed by atoms with Gasteiger partial charge in [-0.25, -0.2) is 0 Å². The number of Topliss-reactive ketones (excluding diaryl/α,β-unsaturated/α-hetero) is 1. The number of carbonyl (C=O) groups excluding carboxylic acids is 1. The Balaban J connectivity index is 1.45. The summed E-state index contributed by atoms with van der Waals surface area (Å²) in [5.74, 6) is 1.07. The van der Waals surface area contributed by atoms with Crippen molar-refractivity contribution in [3.05, 3.63) is 59.8 Å². The number of benzene rings is 2. The first-order valence-corrected chi connectivity index (χ1v) is 9.83. The summed E-state index contributed by atoms with van der Waals surface area (Å²) in [5.41, 5.74) is 4.02. The van der Waals surface area contributed by atoms with Crippen LogP contribution in [-0.2, 0) is 0 Å². The lowest BCUT2D eigenvalue weighted by Crippen LogP contribution is -2.51. The van der Waals surface area contributed by atoms with Crippen molar-refractivity contribution in [2.75, 3.05) is 38.2 Å². The number of piperazine rings is 1. The fourth-order valence-corrected chi connectivity index (χ4v) is 4.13. The second-order valence-electron chi connectivity index (χ2n) is 7.43. The first-order chi connectivity index (χ1) is 13.6. The number of methoxy groups -OCH3 is 1. The minimum absolute atomic E-state index is 0.129. The van der Waals surface area contributed by atoms with Crippen molar-refractivity contribution >= 4 is 22.4 Å². The van der Waals surface area contributed by atoms with Crippen LogP contribution in [0.2, 0.25) is 0 Å². The molecule has 0 radical (unpaired) electrons. The van der Waals surface area contributed by atoms with Crippen LogP contribution in [0.1, 0.15) is 23.0 Å². The van der Waals surface area contributed by atoms with Gasteiger partial charge in [-0.05, 0) is 44.2 Å². The number of nitrogens with zero attached hydrogens (tertiary/aromatic N) is 2. The molecule has 5 heteroatoms. The molecule has 1 fully saturated rings. The largest absolute Gasteiger partial charge is 0.497 e. The van der Waals surface area contributed by atoms with Gasteiger partial charge in [0.05, 0.1) is 13.2 Å². The number of hydrogen-bond acceptors (Lipinski definition) is 4. The van der Waals surface area contributed by atoms with Crippen LogP contribution >= 0.6 is 0 Å². The first kappa shape index (κ1) is 18.6. The molecule has 1 aliphatic heterocycles. The molecule has 0 spiro atoms. The minimum atomic E-state index is -0.129. The molecule has 1 atom stereocenters. The Labute approximate surface area is 165 Å². The van der Waals surface area contributed by atoms with E-state index in [1.807, 2.05) is 50.2 Å². The normalized spacial score (nSPS) is 16.3. The van der Waals surface area contributed by atoms with E-state index in [1.165, 1.54) is 5.69 Å². The zero-order chi connectivity index (χ0) is 19.7. The van der Waals surface area contributed by atoms with E-state index >= 15 is 0 Å². The molecule has 5 nitrogen and oxygen atoms in total. The second-order valence-corrected chi connectivity index (χ2v) is 7.43. The minimum Gasteiger partial charge on any atom is -0.497 e. The fraction of sp³-hybridized carbons (Fsp3) is 0.348. The summed E-state index contributed by atoms with van der Waals surface area (Å²) in [5, 5.41) is 1.02. The van der Waals surface area contributed by atoms with E-state index in [9.17, 15) is 4.79 Å². The molecule has 3 aromatic rings. The Bertz CT molecular complexity index is 969. The maximum absolute atomic E-state index is 13.3.